The number of nitrogens with two attached hydrogens (primary N) is 1. The van der Waals surface area contributed by atoms with Crippen molar-refractivity contribution < 1.29 is 4.39 Å². The van der Waals surface area contributed by atoms with Crippen molar-refractivity contribution in [2.75, 3.05) is 13.1 Å². The molecule has 0 radical (unpaired) electrons. The Hall–Kier alpha value is -0.930. The average molecular weight is 278 g/mol. The van der Waals surface area contributed by atoms with Gasteiger partial charge in [0.1, 0.15) is 5.82 Å². The summed E-state index contributed by atoms with van der Waals surface area (Å²) >= 11 is 0. The molecule has 0 spiro atoms. The molecule has 0 aliphatic heterocycles. The van der Waals surface area contributed by atoms with E-state index >= 15 is 0 Å². The summed E-state index contributed by atoms with van der Waals surface area (Å²) in [6.45, 7) is 6.24. The van der Waals surface area contributed by atoms with Crippen LogP contribution in [0.25, 0.3) is 0 Å². The van der Waals surface area contributed by atoms with Gasteiger partial charge in [0.25, 0.3) is 0 Å². The lowest BCUT2D eigenvalue weighted by Gasteiger charge is -2.38. The molecule has 0 amide bonds. The molecule has 0 aromatic heterocycles. The fourth-order valence-electron chi connectivity index (χ4n) is 3.76. The van der Waals surface area contributed by atoms with Gasteiger partial charge >= 0.3 is 0 Å². The highest BCUT2D eigenvalue weighted by Gasteiger charge is 2.33. The number of rotatable bonds is 6. The highest BCUT2D eigenvalue weighted by molar-refractivity contribution is 5.20. The molecule has 1 aromatic carbocycles. The quantitative estimate of drug-likeness (QED) is 0.859. The molecule has 2 N–H and O–H groups in total. The zero-order valence-electron chi connectivity index (χ0n) is 12.7. The first-order chi connectivity index (χ1) is 9.71. The highest BCUT2D eigenvalue weighted by atomic mass is 19.1. The first-order valence-corrected chi connectivity index (χ1v) is 7.92. The Balaban J connectivity index is 2.20. The molecule has 3 heteroatoms. The molecule has 3 unspecified atom stereocenters. The lowest BCUT2D eigenvalue weighted by molar-refractivity contribution is 0.111. The van der Waals surface area contributed by atoms with Crippen LogP contribution in [0.2, 0.25) is 0 Å². The number of hydrogen-bond acceptors (Lipinski definition) is 2. The van der Waals surface area contributed by atoms with E-state index in [4.69, 9.17) is 5.73 Å². The average Bonchev–Trinajstić information content (AvgIpc) is 2.94. The Labute approximate surface area is 122 Å². The van der Waals surface area contributed by atoms with Crippen molar-refractivity contribution in [2.24, 2.45) is 11.7 Å². The standard InChI is InChI=1S/C17H27FN2/c1-3-16(13-8-10-15(18)11-9-13)20(4-2)17-7-5-6-14(17)12-19/h8-11,14,16-17H,3-7,12,19H2,1-2H3. The van der Waals surface area contributed by atoms with Gasteiger partial charge in [-0.05, 0) is 56.0 Å². The molecule has 2 nitrogen and oxygen atoms in total. The topological polar surface area (TPSA) is 29.3 Å². The van der Waals surface area contributed by atoms with E-state index in [1.807, 2.05) is 12.1 Å². The van der Waals surface area contributed by atoms with Gasteiger partial charge in [-0.3, -0.25) is 4.90 Å². The van der Waals surface area contributed by atoms with Gasteiger partial charge in [-0.25, -0.2) is 4.39 Å². The van der Waals surface area contributed by atoms with Gasteiger partial charge in [0.05, 0.1) is 0 Å². The monoisotopic (exact) mass is 278 g/mol. The Morgan fingerprint density at radius 3 is 2.50 bits per heavy atom. The second-order valence-corrected chi connectivity index (χ2v) is 5.80. The van der Waals surface area contributed by atoms with Crippen molar-refractivity contribution in [1.82, 2.24) is 4.90 Å². The Morgan fingerprint density at radius 2 is 1.95 bits per heavy atom. The molecule has 0 heterocycles. The van der Waals surface area contributed by atoms with Crippen LogP contribution in [0.3, 0.4) is 0 Å². The van der Waals surface area contributed by atoms with Crippen LogP contribution in [-0.4, -0.2) is 24.0 Å². The van der Waals surface area contributed by atoms with Crippen LogP contribution in [0.15, 0.2) is 24.3 Å². The minimum Gasteiger partial charge on any atom is -0.330 e. The molecule has 1 aliphatic rings. The zero-order chi connectivity index (χ0) is 14.5. The van der Waals surface area contributed by atoms with E-state index in [9.17, 15) is 4.39 Å². The third-order valence-corrected chi connectivity index (χ3v) is 4.75. The molecule has 0 bridgehead atoms. The molecule has 1 fully saturated rings. The summed E-state index contributed by atoms with van der Waals surface area (Å²) in [5.41, 5.74) is 7.16. The number of nitrogens with zero attached hydrogens (tertiary/aromatic N) is 1. The summed E-state index contributed by atoms with van der Waals surface area (Å²) in [5, 5.41) is 0. The number of benzene rings is 1. The largest absolute Gasteiger partial charge is 0.330 e. The van der Waals surface area contributed by atoms with Gasteiger partial charge in [-0.15, -0.1) is 0 Å². The lowest BCUT2D eigenvalue weighted by atomic mass is 9.96. The molecule has 2 rings (SSSR count). The summed E-state index contributed by atoms with van der Waals surface area (Å²) in [6, 6.07) is 7.96. The second-order valence-electron chi connectivity index (χ2n) is 5.80. The van der Waals surface area contributed by atoms with Gasteiger partial charge in [0, 0.05) is 12.1 Å². The van der Waals surface area contributed by atoms with E-state index in [0.717, 1.165) is 19.5 Å². The first kappa shape index (κ1) is 15.5. The molecule has 20 heavy (non-hydrogen) atoms. The van der Waals surface area contributed by atoms with Crippen LogP contribution in [0.4, 0.5) is 4.39 Å². The maximum absolute atomic E-state index is 13.1. The summed E-state index contributed by atoms with van der Waals surface area (Å²) in [5.74, 6) is 0.455. The maximum atomic E-state index is 13.1. The molecular formula is C17H27FN2. The summed E-state index contributed by atoms with van der Waals surface area (Å²) in [6.07, 6.45) is 4.82. The van der Waals surface area contributed by atoms with Gasteiger partial charge in [-0.1, -0.05) is 32.4 Å². The van der Waals surface area contributed by atoms with E-state index in [0.29, 0.717) is 18.0 Å². The van der Waals surface area contributed by atoms with Crippen molar-refractivity contribution in [3.63, 3.8) is 0 Å². The third kappa shape index (κ3) is 3.21. The highest BCUT2D eigenvalue weighted by Crippen LogP contribution is 2.35. The van der Waals surface area contributed by atoms with Gasteiger partial charge in [-0.2, -0.15) is 0 Å². The second kappa shape index (κ2) is 7.19. The number of hydrogen-bond donors (Lipinski definition) is 1. The molecule has 1 aliphatic carbocycles. The van der Waals surface area contributed by atoms with Crippen LogP contribution in [0, 0.1) is 11.7 Å². The van der Waals surface area contributed by atoms with E-state index in [1.165, 1.54) is 24.8 Å². The Bertz CT molecular complexity index is 404. The SMILES string of the molecule is CCC(c1ccc(F)cc1)N(CC)C1CCCC1CN. The lowest BCUT2D eigenvalue weighted by Crippen LogP contribution is -2.42. The predicted molar refractivity (Wildman–Crippen MR) is 82.0 cm³/mol. The summed E-state index contributed by atoms with van der Waals surface area (Å²) < 4.78 is 13.1. The van der Waals surface area contributed by atoms with Gasteiger partial charge in [0.2, 0.25) is 0 Å². The van der Waals surface area contributed by atoms with Crippen molar-refractivity contribution in [2.45, 2.75) is 51.6 Å². The van der Waals surface area contributed by atoms with Crippen LogP contribution in [0.5, 0.6) is 0 Å². The van der Waals surface area contributed by atoms with Crippen molar-refractivity contribution in [3.8, 4) is 0 Å². The molecule has 1 aromatic rings. The minimum absolute atomic E-state index is 0.160. The minimum atomic E-state index is -0.160. The fourth-order valence-corrected chi connectivity index (χ4v) is 3.76. The van der Waals surface area contributed by atoms with Gasteiger partial charge in [0.15, 0.2) is 0 Å². The smallest absolute Gasteiger partial charge is 0.123 e. The van der Waals surface area contributed by atoms with Crippen LogP contribution in [0.1, 0.15) is 51.1 Å². The summed E-state index contributed by atoms with van der Waals surface area (Å²) in [4.78, 5) is 2.58. The van der Waals surface area contributed by atoms with Crippen LogP contribution in [-0.2, 0) is 0 Å². The Kier molecular flexibility index (Phi) is 5.55. The number of halogens is 1. The van der Waals surface area contributed by atoms with E-state index in [-0.39, 0.29) is 5.82 Å². The van der Waals surface area contributed by atoms with E-state index < -0.39 is 0 Å². The molecule has 1 saturated carbocycles. The van der Waals surface area contributed by atoms with Crippen LogP contribution >= 0.6 is 0 Å². The first-order valence-electron chi connectivity index (χ1n) is 7.92. The van der Waals surface area contributed by atoms with Crippen LogP contribution < -0.4 is 5.73 Å². The fraction of sp³-hybridized carbons (Fsp3) is 0.647. The molecule has 112 valence electrons. The van der Waals surface area contributed by atoms with E-state index in [2.05, 4.69) is 18.7 Å². The molecule has 3 atom stereocenters. The molecular weight excluding hydrogens is 251 g/mol. The van der Waals surface area contributed by atoms with Crippen molar-refractivity contribution in [1.29, 1.82) is 0 Å². The normalized spacial score (nSPS) is 24.2. The van der Waals surface area contributed by atoms with Crippen molar-refractivity contribution in [3.05, 3.63) is 35.6 Å². The maximum Gasteiger partial charge on any atom is 0.123 e. The molecule has 0 saturated heterocycles. The zero-order valence-corrected chi connectivity index (χ0v) is 12.7. The van der Waals surface area contributed by atoms with Gasteiger partial charge < -0.3 is 5.73 Å². The van der Waals surface area contributed by atoms with E-state index in [1.54, 1.807) is 12.1 Å². The predicted octanol–water partition coefficient (Wildman–Crippen LogP) is 3.73. The van der Waals surface area contributed by atoms with Crippen molar-refractivity contribution >= 4 is 0 Å². The Morgan fingerprint density at radius 1 is 1.25 bits per heavy atom. The third-order valence-electron chi connectivity index (χ3n) is 4.75. The summed E-state index contributed by atoms with van der Waals surface area (Å²) in [7, 11) is 0.